The summed E-state index contributed by atoms with van der Waals surface area (Å²) in [6.45, 7) is 1.78. The molecule has 0 aliphatic carbocycles. The van der Waals surface area contributed by atoms with Crippen molar-refractivity contribution in [1.82, 2.24) is 0 Å². The Morgan fingerprint density at radius 1 is 1.57 bits per heavy atom. The summed E-state index contributed by atoms with van der Waals surface area (Å²) in [5.41, 5.74) is 5.86. The highest BCUT2D eigenvalue weighted by Crippen LogP contribution is 2.27. The molecule has 2 atom stereocenters. The van der Waals surface area contributed by atoms with Crippen molar-refractivity contribution in [3.63, 3.8) is 0 Å². The summed E-state index contributed by atoms with van der Waals surface area (Å²) in [6, 6.07) is 3.58. The number of aliphatic hydroxyl groups excluding tert-OH is 1. The summed E-state index contributed by atoms with van der Waals surface area (Å²) in [6.07, 6.45) is -0.310. The first kappa shape index (κ1) is 11.4. The third-order valence-corrected chi connectivity index (χ3v) is 2.50. The molecule has 0 amide bonds. The minimum absolute atomic E-state index is 0.184. The van der Waals surface area contributed by atoms with Crippen LogP contribution in [0.25, 0.3) is 0 Å². The van der Waals surface area contributed by atoms with Crippen molar-refractivity contribution >= 4 is 11.6 Å². The molecule has 0 spiro atoms. The first-order valence-electron chi connectivity index (χ1n) is 4.45. The van der Waals surface area contributed by atoms with Crippen LogP contribution in [0.1, 0.15) is 24.9 Å². The van der Waals surface area contributed by atoms with Crippen molar-refractivity contribution in [3.05, 3.63) is 34.6 Å². The van der Waals surface area contributed by atoms with Gasteiger partial charge in [-0.15, -0.1) is 0 Å². The van der Waals surface area contributed by atoms with E-state index in [0.717, 1.165) is 0 Å². The van der Waals surface area contributed by atoms with E-state index in [4.69, 9.17) is 17.3 Å². The van der Waals surface area contributed by atoms with Gasteiger partial charge in [0.2, 0.25) is 0 Å². The number of halogens is 2. The maximum Gasteiger partial charge on any atom is 0.129 e. The van der Waals surface area contributed by atoms with E-state index in [1.165, 1.54) is 12.1 Å². The zero-order valence-corrected chi connectivity index (χ0v) is 8.63. The number of hydrogen-bond donors (Lipinski definition) is 2. The summed E-state index contributed by atoms with van der Waals surface area (Å²) in [5.74, 6) is -0.475. The standard InChI is InChI=1S/C10H13ClFNO/c1-2-8(14)10(13)9-6(11)4-3-5-7(9)12/h3-5,8,10,14H,2,13H2,1H3. The molecule has 0 fully saturated rings. The number of hydrogen-bond acceptors (Lipinski definition) is 2. The fourth-order valence-electron chi connectivity index (χ4n) is 1.28. The molecule has 0 saturated heterocycles. The maximum absolute atomic E-state index is 13.3. The Morgan fingerprint density at radius 2 is 2.21 bits per heavy atom. The molecule has 0 bridgehead atoms. The predicted octanol–water partition coefficient (Wildman–Crippen LogP) is 2.25. The molecule has 0 aromatic heterocycles. The second kappa shape index (κ2) is 4.73. The second-order valence-electron chi connectivity index (χ2n) is 3.14. The first-order chi connectivity index (χ1) is 6.57. The van der Waals surface area contributed by atoms with Crippen LogP contribution in [-0.4, -0.2) is 11.2 Å². The van der Waals surface area contributed by atoms with Crippen LogP contribution in [0.5, 0.6) is 0 Å². The normalized spacial score (nSPS) is 15.2. The lowest BCUT2D eigenvalue weighted by molar-refractivity contribution is 0.139. The highest BCUT2D eigenvalue weighted by Gasteiger charge is 2.20. The van der Waals surface area contributed by atoms with Gasteiger partial charge in [-0.05, 0) is 18.6 Å². The van der Waals surface area contributed by atoms with Gasteiger partial charge < -0.3 is 10.8 Å². The van der Waals surface area contributed by atoms with Gasteiger partial charge in [0, 0.05) is 10.6 Å². The van der Waals surface area contributed by atoms with Crippen LogP contribution in [0.3, 0.4) is 0 Å². The van der Waals surface area contributed by atoms with Crippen molar-refractivity contribution in [1.29, 1.82) is 0 Å². The van der Waals surface area contributed by atoms with Crippen LogP contribution < -0.4 is 5.73 Å². The van der Waals surface area contributed by atoms with E-state index in [-0.39, 0.29) is 10.6 Å². The van der Waals surface area contributed by atoms with Crippen molar-refractivity contribution in [2.45, 2.75) is 25.5 Å². The van der Waals surface area contributed by atoms with E-state index in [1.807, 2.05) is 0 Å². The van der Waals surface area contributed by atoms with Gasteiger partial charge in [0.25, 0.3) is 0 Å². The summed E-state index contributed by atoms with van der Waals surface area (Å²) >= 11 is 5.79. The maximum atomic E-state index is 13.3. The Balaban J connectivity index is 3.05. The quantitative estimate of drug-likeness (QED) is 0.816. The molecular weight excluding hydrogens is 205 g/mol. The Labute approximate surface area is 87.5 Å². The fourth-order valence-corrected chi connectivity index (χ4v) is 1.56. The van der Waals surface area contributed by atoms with Crippen LogP contribution in [-0.2, 0) is 0 Å². The van der Waals surface area contributed by atoms with Gasteiger partial charge in [0.05, 0.1) is 12.1 Å². The SMILES string of the molecule is CCC(O)C(N)c1c(F)cccc1Cl. The fraction of sp³-hybridized carbons (Fsp3) is 0.400. The largest absolute Gasteiger partial charge is 0.391 e. The van der Waals surface area contributed by atoms with Gasteiger partial charge in [0.1, 0.15) is 5.82 Å². The number of rotatable bonds is 3. The lowest BCUT2D eigenvalue weighted by Crippen LogP contribution is -2.26. The Hall–Kier alpha value is -0.640. The molecule has 0 heterocycles. The van der Waals surface area contributed by atoms with E-state index in [0.29, 0.717) is 6.42 Å². The Kier molecular flexibility index (Phi) is 3.86. The highest BCUT2D eigenvalue weighted by molar-refractivity contribution is 6.31. The summed E-state index contributed by atoms with van der Waals surface area (Å²) < 4.78 is 13.3. The highest BCUT2D eigenvalue weighted by atomic mass is 35.5. The predicted molar refractivity (Wildman–Crippen MR) is 54.6 cm³/mol. The molecule has 0 aliphatic rings. The number of aliphatic hydroxyl groups is 1. The molecule has 0 radical (unpaired) electrons. The lowest BCUT2D eigenvalue weighted by atomic mass is 10.00. The van der Waals surface area contributed by atoms with E-state index in [1.54, 1.807) is 13.0 Å². The van der Waals surface area contributed by atoms with Crippen molar-refractivity contribution in [3.8, 4) is 0 Å². The van der Waals surface area contributed by atoms with Crippen LogP contribution in [0.15, 0.2) is 18.2 Å². The Bertz CT molecular complexity index is 299. The molecular formula is C10H13ClFNO. The van der Waals surface area contributed by atoms with Gasteiger partial charge >= 0.3 is 0 Å². The lowest BCUT2D eigenvalue weighted by Gasteiger charge is -2.19. The second-order valence-corrected chi connectivity index (χ2v) is 3.54. The van der Waals surface area contributed by atoms with E-state index >= 15 is 0 Å². The van der Waals surface area contributed by atoms with Crippen LogP contribution in [0.2, 0.25) is 5.02 Å². The molecule has 2 unspecified atom stereocenters. The van der Waals surface area contributed by atoms with Crippen molar-refractivity contribution in [2.75, 3.05) is 0 Å². The molecule has 14 heavy (non-hydrogen) atoms. The van der Waals surface area contributed by atoms with Gasteiger partial charge in [-0.25, -0.2) is 4.39 Å². The van der Waals surface area contributed by atoms with E-state index in [2.05, 4.69) is 0 Å². The molecule has 78 valence electrons. The first-order valence-corrected chi connectivity index (χ1v) is 4.83. The van der Waals surface area contributed by atoms with Crippen molar-refractivity contribution < 1.29 is 9.50 Å². The summed E-state index contributed by atoms with van der Waals surface area (Å²) in [7, 11) is 0. The van der Waals surface area contributed by atoms with Crippen LogP contribution in [0, 0.1) is 5.82 Å². The zero-order chi connectivity index (χ0) is 10.7. The third-order valence-electron chi connectivity index (χ3n) is 2.17. The number of nitrogens with two attached hydrogens (primary N) is 1. The average Bonchev–Trinajstić information content (AvgIpc) is 2.16. The molecule has 3 N–H and O–H groups in total. The van der Waals surface area contributed by atoms with E-state index < -0.39 is 18.0 Å². The minimum Gasteiger partial charge on any atom is -0.391 e. The molecule has 2 nitrogen and oxygen atoms in total. The smallest absolute Gasteiger partial charge is 0.129 e. The summed E-state index contributed by atoms with van der Waals surface area (Å²) in [5, 5.41) is 9.73. The molecule has 1 rings (SSSR count). The molecule has 0 aliphatic heterocycles. The molecule has 0 saturated carbocycles. The molecule has 4 heteroatoms. The van der Waals surface area contributed by atoms with Crippen LogP contribution >= 0.6 is 11.6 Å². The van der Waals surface area contributed by atoms with Gasteiger partial charge in [0.15, 0.2) is 0 Å². The average molecular weight is 218 g/mol. The topological polar surface area (TPSA) is 46.2 Å². The Morgan fingerprint density at radius 3 is 2.71 bits per heavy atom. The van der Waals surface area contributed by atoms with Gasteiger partial charge in [-0.2, -0.15) is 0 Å². The minimum atomic E-state index is -0.774. The van der Waals surface area contributed by atoms with Crippen molar-refractivity contribution in [2.24, 2.45) is 5.73 Å². The molecule has 1 aromatic rings. The molecule has 1 aromatic carbocycles. The summed E-state index contributed by atoms with van der Waals surface area (Å²) in [4.78, 5) is 0. The van der Waals surface area contributed by atoms with Crippen LogP contribution in [0.4, 0.5) is 4.39 Å². The van der Waals surface area contributed by atoms with Gasteiger partial charge in [-0.3, -0.25) is 0 Å². The zero-order valence-electron chi connectivity index (χ0n) is 7.87. The third kappa shape index (κ3) is 2.23. The monoisotopic (exact) mass is 217 g/mol. The van der Waals surface area contributed by atoms with E-state index in [9.17, 15) is 9.50 Å². The van der Waals surface area contributed by atoms with Gasteiger partial charge in [-0.1, -0.05) is 24.6 Å². The number of benzene rings is 1.